The van der Waals surface area contributed by atoms with Crippen LogP contribution in [0.5, 0.6) is 5.88 Å². The Kier molecular flexibility index (Phi) is 4.22. The molecule has 7 nitrogen and oxygen atoms in total. The minimum atomic E-state index is -0.173. The van der Waals surface area contributed by atoms with Crippen molar-refractivity contribution in [3.05, 3.63) is 69.3 Å². The lowest BCUT2D eigenvalue weighted by molar-refractivity contribution is 0.326. The minimum absolute atomic E-state index is 0.173. The minimum Gasteiger partial charge on any atom is -0.479 e. The Balaban J connectivity index is 1.62. The summed E-state index contributed by atoms with van der Waals surface area (Å²) in [5.41, 5.74) is 2.72. The van der Waals surface area contributed by atoms with E-state index in [0.29, 0.717) is 40.8 Å². The van der Waals surface area contributed by atoms with Gasteiger partial charge in [-0.3, -0.25) is 9.89 Å². The van der Waals surface area contributed by atoms with Crippen molar-refractivity contribution in [2.75, 3.05) is 7.11 Å². The number of aromatic amines is 1. The van der Waals surface area contributed by atoms with E-state index < -0.39 is 0 Å². The highest BCUT2D eigenvalue weighted by Crippen LogP contribution is 2.22. The van der Waals surface area contributed by atoms with E-state index >= 15 is 0 Å². The largest absolute Gasteiger partial charge is 0.479 e. The monoisotopic (exact) mass is 370 g/mol. The molecule has 3 aromatic heterocycles. The number of aryl methyl sites for hydroxylation is 2. The molecular weight excluding hydrogens is 356 g/mol. The number of hydrogen-bond acceptors (Lipinski definition) is 5. The summed E-state index contributed by atoms with van der Waals surface area (Å²) in [7, 11) is 1.53. The highest BCUT2D eigenvalue weighted by Gasteiger charge is 2.10. The van der Waals surface area contributed by atoms with Crippen LogP contribution in [0.1, 0.15) is 11.5 Å². The predicted molar refractivity (Wildman–Crippen MR) is 96.7 cm³/mol. The van der Waals surface area contributed by atoms with Crippen LogP contribution in [0.3, 0.4) is 0 Å². The molecule has 0 fully saturated rings. The van der Waals surface area contributed by atoms with Gasteiger partial charge in [0.1, 0.15) is 5.76 Å². The van der Waals surface area contributed by atoms with Gasteiger partial charge < -0.3 is 9.26 Å². The van der Waals surface area contributed by atoms with E-state index in [1.807, 2.05) is 24.3 Å². The summed E-state index contributed by atoms with van der Waals surface area (Å²) in [4.78, 5) is 16.9. The molecule has 0 aliphatic heterocycles. The molecule has 0 radical (unpaired) electrons. The van der Waals surface area contributed by atoms with Gasteiger partial charge in [0.25, 0.3) is 11.4 Å². The van der Waals surface area contributed by atoms with Gasteiger partial charge in [0.15, 0.2) is 5.65 Å². The smallest absolute Gasteiger partial charge is 0.272 e. The summed E-state index contributed by atoms with van der Waals surface area (Å²) in [6.45, 7) is 0. The molecular formula is C18H15ClN4O3. The third kappa shape index (κ3) is 3.21. The molecule has 0 atom stereocenters. The summed E-state index contributed by atoms with van der Waals surface area (Å²) < 4.78 is 11.6. The van der Waals surface area contributed by atoms with E-state index in [2.05, 4.69) is 15.2 Å². The topological polar surface area (TPSA) is 85.4 Å². The van der Waals surface area contributed by atoms with Gasteiger partial charge in [-0.25, -0.2) is 9.50 Å². The molecule has 8 heteroatoms. The van der Waals surface area contributed by atoms with Crippen molar-refractivity contribution < 1.29 is 9.26 Å². The average molecular weight is 371 g/mol. The molecule has 0 aliphatic rings. The van der Waals surface area contributed by atoms with Crippen molar-refractivity contribution >= 4 is 17.2 Å². The van der Waals surface area contributed by atoms with Crippen LogP contribution in [0.2, 0.25) is 5.02 Å². The van der Waals surface area contributed by atoms with Gasteiger partial charge in [-0.2, -0.15) is 0 Å². The fourth-order valence-electron chi connectivity index (χ4n) is 2.73. The summed E-state index contributed by atoms with van der Waals surface area (Å²) in [6.07, 6.45) is 1.13. The molecule has 0 spiro atoms. The van der Waals surface area contributed by atoms with Crippen LogP contribution in [-0.4, -0.2) is 26.9 Å². The number of aromatic nitrogens is 4. The summed E-state index contributed by atoms with van der Waals surface area (Å²) in [5.74, 6) is 1.11. The summed E-state index contributed by atoms with van der Waals surface area (Å²) in [6, 6.07) is 12.5. The number of hydrogen-bond donors (Lipinski definition) is 1. The first kappa shape index (κ1) is 16.4. The quantitative estimate of drug-likeness (QED) is 0.583. The Bertz CT molecular complexity index is 1130. The molecule has 0 saturated carbocycles. The van der Waals surface area contributed by atoms with E-state index in [1.54, 1.807) is 12.1 Å². The average Bonchev–Trinajstić information content (AvgIpc) is 3.27. The maximum absolute atomic E-state index is 12.4. The number of fused-ring (bicyclic) bond motifs is 1. The zero-order valence-corrected chi connectivity index (χ0v) is 14.7. The van der Waals surface area contributed by atoms with Crippen LogP contribution >= 0.6 is 11.6 Å². The molecule has 0 saturated heterocycles. The first-order valence-corrected chi connectivity index (χ1v) is 8.37. The Labute approximate surface area is 153 Å². The summed E-state index contributed by atoms with van der Waals surface area (Å²) >= 11 is 6.04. The fourth-order valence-corrected chi connectivity index (χ4v) is 2.92. The van der Waals surface area contributed by atoms with E-state index in [0.717, 1.165) is 11.3 Å². The Hall–Kier alpha value is -3.06. The van der Waals surface area contributed by atoms with Crippen molar-refractivity contribution in [1.82, 2.24) is 19.8 Å². The third-order valence-corrected chi connectivity index (χ3v) is 4.25. The van der Waals surface area contributed by atoms with Gasteiger partial charge in [-0.05, 0) is 23.7 Å². The lowest BCUT2D eigenvalue weighted by atomic mass is 10.1. The first-order valence-electron chi connectivity index (χ1n) is 7.99. The number of methoxy groups -OCH3 is 1. The number of rotatable bonds is 5. The van der Waals surface area contributed by atoms with Crippen molar-refractivity contribution in [3.8, 4) is 17.1 Å². The fraction of sp³-hybridized carbons (Fsp3) is 0.167. The summed E-state index contributed by atoms with van der Waals surface area (Å²) in [5, 5.41) is 7.45. The van der Waals surface area contributed by atoms with E-state index in [9.17, 15) is 4.79 Å². The number of benzene rings is 1. The van der Waals surface area contributed by atoms with E-state index in [1.165, 1.54) is 17.7 Å². The molecule has 132 valence electrons. The van der Waals surface area contributed by atoms with Gasteiger partial charge in [0.05, 0.1) is 12.8 Å². The molecule has 4 aromatic rings. The van der Waals surface area contributed by atoms with Gasteiger partial charge in [0.2, 0.25) is 0 Å². The van der Waals surface area contributed by atoms with E-state index in [-0.39, 0.29) is 5.56 Å². The van der Waals surface area contributed by atoms with Crippen LogP contribution in [0, 0.1) is 0 Å². The van der Waals surface area contributed by atoms with E-state index in [4.69, 9.17) is 20.9 Å². The highest BCUT2D eigenvalue weighted by atomic mass is 35.5. The maximum atomic E-state index is 12.4. The normalized spacial score (nSPS) is 11.2. The number of ether oxygens (including phenoxy) is 1. The van der Waals surface area contributed by atoms with Crippen LogP contribution in [0.4, 0.5) is 0 Å². The Morgan fingerprint density at radius 2 is 2.12 bits per heavy atom. The molecule has 3 heterocycles. The second-order valence-electron chi connectivity index (χ2n) is 5.80. The number of nitrogens with zero attached hydrogens (tertiary/aromatic N) is 3. The molecule has 0 aliphatic carbocycles. The van der Waals surface area contributed by atoms with Gasteiger partial charge >= 0.3 is 0 Å². The molecule has 0 unspecified atom stereocenters. The standard InChI is InChI=1S/C18H15ClN4O3/c1-25-17-9-14(26-22-17)6-5-13-8-18(24)23-16(20-13)10-15(21-23)11-3-2-4-12(19)7-11/h2-4,7-10,21H,5-6H2,1H3. The molecule has 0 bridgehead atoms. The van der Waals surface area contributed by atoms with Crippen molar-refractivity contribution in [2.45, 2.75) is 12.8 Å². The maximum Gasteiger partial charge on any atom is 0.272 e. The Morgan fingerprint density at radius 1 is 1.23 bits per heavy atom. The molecule has 1 aromatic carbocycles. The lowest BCUT2D eigenvalue weighted by Gasteiger charge is -1.99. The van der Waals surface area contributed by atoms with Crippen LogP contribution in [0.15, 0.2) is 51.8 Å². The molecule has 4 rings (SSSR count). The van der Waals surface area contributed by atoms with Crippen LogP contribution in [-0.2, 0) is 12.8 Å². The number of halogens is 1. The second-order valence-corrected chi connectivity index (χ2v) is 6.23. The zero-order valence-electron chi connectivity index (χ0n) is 13.9. The van der Waals surface area contributed by atoms with Gasteiger partial charge in [-0.1, -0.05) is 23.7 Å². The molecule has 1 N–H and O–H groups in total. The Morgan fingerprint density at radius 3 is 2.88 bits per heavy atom. The highest BCUT2D eigenvalue weighted by molar-refractivity contribution is 6.30. The van der Waals surface area contributed by atoms with Gasteiger partial charge in [-0.15, -0.1) is 0 Å². The zero-order chi connectivity index (χ0) is 18.1. The van der Waals surface area contributed by atoms with Crippen LogP contribution in [0.25, 0.3) is 16.9 Å². The first-order chi connectivity index (χ1) is 12.6. The number of nitrogens with one attached hydrogen (secondary N) is 1. The molecule has 0 amide bonds. The third-order valence-electron chi connectivity index (χ3n) is 4.01. The second kappa shape index (κ2) is 6.68. The van der Waals surface area contributed by atoms with Crippen molar-refractivity contribution in [1.29, 1.82) is 0 Å². The van der Waals surface area contributed by atoms with Gasteiger partial charge in [0, 0.05) is 40.9 Å². The van der Waals surface area contributed by atoms with Crippen molar-refractivity contribution in [2.24, 2.45) is 0 Å². The molecule has 26 heavy (non-hydrogen) atoms. The lowest BCUT2D eigenvalue weighted by Crippen LogP contribution is -2.15. The number of H-pyrrole nitrogens is 1. The SMILES string of the molecule is COc1cc(CCc2cc(=O)n3[nH]c(-c4cccc(Cl)c4)cc3n2)on1. The van der Waals surface area contributed by atoms with Crippen LogP contribution < -0.4 is 10.3 Å². The van der Waals surface area contributed by atoms with Crippen molar-refractivity contribution in [3.63, 3.8) is 0 Å². The predicted octanol–water partition coefficient (Wildman–Crippen LogP) is 3.12.